The minimum Gasteiger partial charge on any atom is -0.299 e. The lowest BCUT2D eigenvalue weighted by atomic mass is 9.93. The van der Waals surface area contributed by atoms with Crippen LogP contribution >= 0.6 is 0 Å². The van der Waals surface area contributed by atoms with Crippen molar-refractivity contribution in [1.29, 1.82) is 0 Å². The van der Waals surface area contributed by atoms with Crippen molar-refractivity contribution in [2.24, 2.45) is 11.8 Å². The first-order valence-corrected chi connectivity index (χ1v) is 4.39. The molecule has 0 unspecified atom stereocenters. The maximum Gasteiger partial charge on any atom is 0.135 e. The standard InChI is InChI=1S/C10H16O/c1-3-4-5-9-6-7-10(11)8(9)2/h3,8-9H,1,4-7H2,2H3/t8-,9+/m1/s1. The average Bonchev–Trinajstić information content (AvgIpc) is 2.31. The van der Waals surface area contributed by atoms with Gasteiger partial charge in [-0.05, 0) is 25.2 Å². The number of ketones is 1. The van der Waals surface area contributed by atoms with Crippen LogP contribution in [0.4, 0.5) is 0 Å². The zero-order valence-electron chi connectivity index (χ0n) is 7.18. The van der Waals surface area contributed by atoms with Crippen molar-refractivity contribution in [3.05, 3.63) is 12.7 Å². The second-order valence-electron chi connectivity index (χ2n) is 3.42. The molecule has 0 aromatic carbocycles. The maximum atomic E-state index is 11.1. The van der Waals surface area contributed by atoms with E-state index in [0.29, 0.717) is 17.6 Å². The molecule has 0 bridgehead atoms. The van der Waals surface area contributed by atoms with Gasteiger partial charge in [-0.25, -0.2) is 0 Å². The first-order chi connectivity index (χ1) is 5.25. The minimum absolute atomic E-state index is 0.315. The fourth-order valence-corrected chi connectivity index (χ4v) is 1.79. The van der Waals surface area contributed by atoms with Crippen LogP contribution in [0.1, 0.15) is 32.6 Å². The molecule has 1 aliphatic rings. The number of carbonyl (C=O) groups is 1. The quantitative estimate of drug-likeness (QED) is 0.568. The highest BCUT2D eigenvalue weighted by Crippen LogP contribution is 2.31. The van der Waals surface area contributed by atoms with Crippen LogP contribution in [0.25, 0.3) is 0 Å². The Morgan fingerprint density at radius 2 is 2.45 bits per heavy atom. The van der Waals surface area contributed by atoms with E-state index in [2.05, 4.69) is 13.5 Å². The molecule has 0 amide bonds. The van der Waals surface area contributed by atoms with Crippen LogP contribution in [0.2, 0.25) is 0 Å². The molecule has 1 fully saturated rings. The molecular weight excluding hydrogens is 136 g/mol. The zero-order valence-corrected chi connectivity index (χ0v) is 7.18. The lowest BCUT2D eigenvalue weighted by Crippen LogP contribution is -2.09. The van der Waals surface area contributed by atoms with Crippen LogP contribution in [0.3, 0.4) is 0 Å². The van der Waals surface area contributed by atoms with E-state index in [4.69, 9.17) is 0 Å². The molecule has 0 spiro atoms. The van der Waals surface area contributed by atoms with Gasteiger partial charge in [-0.2, -0.15) is 0 Å². The molecule has 1 heteroatoms. The van der Waals surface area contributed by atoms with Gasteiger partial charge in [0.05, 0.1) is 0 Å². The van der Waals surface area contributed by atoms with Gasteiger partial charge in [0.2, 0.25) is 0 Å². The Morgan fingerprint density at radius 3 is 2.91 bits per heavy atom. The van der Waals surface area contributed by atoms with Crippen molar-refractivity contribution in [3.8, 4) is 0 Å². The SMILES string of the molecule is C=CCC[C@H]1CCC(=O)[C@@H]1C. The highest BCUT2D eigenvalue weighted by atomic mass is 16.1. The fraction of sp³-hybridized carbons (Fsp3) is 0.700. The van der Waals surface area contributed by atoms with E-state index < -0.39 is 0 Å². The molecule has 1 aliphatic carbocycles. The molecule has 62 valence electrons. The van der Waals surface area contributed by atoms with E-state index in [1.165, 1.54) is 0 Å². The van der Waals surface area contributed by atoms with Crippen molar-refractivity contribution in [3.63, 3.8) is 0 Å². The first-order valence-electron chi connectivity index (χ1n) is 4.39. The van der Waals surface area contributed by atoms with Crippen molar-refractivity contribution in [2.75, 3.05) is 0 Å². The van der Waals surface area contributed by atoms with Crippen LogP contribution in [0.15, 0.2) is 12.7 Å². The molecule has 1 saturated carbocycles. The van der Waals surface area contributed by atoms with Crippen LogP contribution in [-0.2, 0) is 4.79 Å². The normalized spacial score (nSPS) is 30.8. The second-order valence-corrected chi connectivity index (χ2v) is 3.42. The Balaban J connectivity index is 2.35. The lowest BCUT2D eigenvalue weighted by Gasteiger charge is -2.11. The highest BCUT2D eigenvalue weighted by molar-refractivity contribution is 5.82. The summed E-state index contributed by atoms with van der Waals surface area (Å²) >= 11 is 0. The van der Waals surface area contributed by atoms with E-state index in [0.717, 1.165) is 25.7 Å². The fourth-order valence-electron chi connectivity index (χ4n) is 1.79. The largest absolute Gasteiger partial charge is 0.299 e. The van der Waals surface area contributed by atoms with Crippen LogP contribution in [-0.4, -0.2) is 5.78 Å². The first kappa shape index (κ1) is 8.51. The number of hydrogen-bond acceptors (Lipinski definition) is 1. The molecular formula is C10H16O. The molecule has 11 heavy (non-hydrogen) atoms. The van der Waals surface area contributed by atoms with Crippen LogP contribution < -0.4 is 0 Å². The van der Waals surface area contributed by atoms with Crippen molar-refractivity contribution in [2.45, 2.75) is 32.6 Å². The molecule has 2 atom stereocenters. The van der Waals surface area contributed by atoms with E-state index in [-0.39, 0.29) is 0 Å². The van der Waals surface area contributed by atoms with Crippen molar-refractivity contribution >= 4 is 5.78 Å². The van der Waals surface area contributed by atoms with Gasteiger partial charge in [-0.1, -0.05) is 13.0 Å². The Hall–Kier alpha value is -0.590. The zero-order chi connectivity index (χ0) is 8.27. The number of Topliss-reactive ketones (excluding diaryl/α,β-unsaturated/α-hetero) is 1. The lowest BCUT2D eigenvalue weighted by molar-refractivity contribution is -0.120. The predicted octanol–water partition coefficient (Wildman–Crippen LogP) is 2.57. The minimum atomic E-state index is 0.315. The van der Waals surface area contributed by atoms with E-state index >= 15 is 0 Å². The summed E-state index contributed by atoms with van der Waals surface area (Å²) in [6.45, 7) is 5.74. The molecule has 1 nitrogen and oxygen atoms in total. The van der Waals surface area contributed by atoms with Gasteiger partial charge in [0.1, 0.15) is 5.78 Å². The molecule has 0 N–H and O–H groups in total. The Kier molecular flexibility index (Phi) is 2.86. The number of hydrogen-bond donors (Lipinski definition) is 0. The van der Waals surface area contributed by atoms with Gasteiger partial charge in [0.25, 0.3) is 0 Å². The topological polar surface area (TPSA) is 17.1 Å². The van der Waals surface area contributed by atoms with E-state index in [1.54, 1.807) is 0 Å². The summed E-state index contributed by atoms with van der Waals surface area (Å²) in [6, 6.07) is 0. The Labute approximate surface area is 68.5 Å². The van der Waals surface area contributed by atoms with Gasteiger partial charge < -0.3 is 0 Å². The summed E-state index contributed by atoms with van der Waals surface area (Å²) in [6.07, 6.45) is 6.06. The van der Waals surface area contributed by atoms with Gasteiger partial charge in [0.15, 0.2) is 0 Å². The van der Waals surface area contributed by atoms with Gasteiger partial charge >= 0.3 is 0 Å². The third kappa shape index (κ3) is 1.92. The maximum absolute atomic E-state index is 11.1. The molecule has 0 radical (unpaired) electrons. The summed E-state index contributed by atoms with van der Waals surface area (Å²) in [7, 11) is 0. The van der Waals surface area contributed by atoms with Crippen molar-refractivity contribution in [1.82, 2.24) is 0 Å². The number of rotatable bonds is 3. The number of allylic oxidation sites excluding steroid dienone is 1. The van der Waals surface area contributed by atoms with Gasteiger partial charge in [-0.15, -0.1) is 6.58 Å². The van der Waals surface area contributed by atoms with Gasteiger partial charge in [-0.3, -0.25) is 4.79 Å². The van der Waals surface area contributed by atoms with Crippen LogP contribution in [0.5, 0.6) is 0 Å². The molecule has 0 heterocycles. The highest BCUT2D eigenvalue weighted by Gasteiger charge is 2.29. The third-order valence-electron chi connectivity index (χ3n) is 2.72. The van der Waals surface area contributed by atoms with E-state index in [9.17, 15) is 4.79 Å². The summed E-state index contributed by atoms with van der Waals surface area (Å²) in [5.74, 6) is 1.41. The monoisotopic (exact) mass is 152 g/mol. The summed E-state index contributed by atoms with van der Waals surface area (Å²) in [4.78, 5) is 11.1. The molecule has 0 saturated heterocycles. The molecule has 1 rings (SSSR count). The second kappa shape index (κ2) is 3.70. The predicted molar refractivity (Wildman–Crippen MR) is 46.3 cm³/mol. The smallest absolute Gasteiger partial charge is 0.135 e. The van der Waals surface area contributed by atoms with E-state index in [1.807, 2.05) is 6.08 Å². The third-order valence-corrected chi connectivity index (χ3v) is 2.72. The van der Waals surface area contributed by atoms with Crippen LogP contribution in [0, 0.1) is 11.8 Å². The molecule has 0 aromatic rings. The van der Waals surface area contributed by atoms with Gasteiger partial charge in [0, 0.05) is 12.3 Å². The summed E-state index contributed by atoms with van der Waals surface area (Å²) in [5.41, 5.74) is 0. The Morgan fingerprint density at radius 1 is 1.73 bits per heavy atom. The summed E-state index contributed by atoms with van der Waals surface area (Å²) < 4.78 is 0. The average molecular weight is 152 g/mol. The number of carbonyl (C=O) groups excluding carboxylic acids is 1. The summed E-state index contributed by atoms with van der Waals surface area (Å²) in [5, 5.41) is 0. The molecule has 0 aromatic heterocycles. The molecule has 0 aliphatic heterocycles. The Bertz CT molecular complexity index is 160. The van der Waals surface area contributed by atoms with Crippen molar-refractivity contribution < 1.29 is 4.79 Å².